The molecule has 0 radical (unpaired) electrons. The summed E-state index contributed by atoms with van der Waals surface area (Å²) in [7, 11) is 0. The van der Waals surface area contributed by atoms with Gasteiger partial charge in [-0.1, -0.05) is 25.1 Å². The van der Waals surface area contributed by atoms with Crippen LogP contribution in [0.15, 0.2) is 42.7 Å². The number of aromatic nitrogens is 2. The lowest BCUT2D eigenvalue weighted by atomic mass is 9.91. The standard InChI is InChI=1S/C17H24N4.ClH/c1-14-6-5-10-20(16(14)12-18)13-17-19-9-11-21(17)15-7-3-2-4-8-15;/h2-4,7-9,11,14,16H,5-6,10,12-13,18H2,1H3;1H. The fourth-order valence-corrected chi connectivity index (χ4v) is 3.37. The van der Waals surface area contributed by atoms with Gasteiger partial charge in [0.25, 0.3) is 0 Å². The smallest absolute Gasteiger partial charge is 0.127 e. The molecule has 2 atom stereocenters. The predicted octanol–water partition coefficient (Wildman–Crippen LogP) is 2.85. The molecule has 0 saturated carbocycles. The van der Waals surface area contributed by atoms with Crippen molar-refractivity contribution in [1.82, 2.24) is 14.5 Å². The summed E-state index contributed by atoms with van der Waals surface area (Å²) in [5.74, 6) is 1.76. The molecule has 4 nitrogen and oxygen atoms in total. The van der Waals surface area contributed by atoms with Crippen LogP contribution in [0.4, 0.5) is 0 Å². The number of imidazole rings is 1. The molecule has 22 heavy (non-hydrogen) atoms. The van der Waals surface area contributed by atoms with E-state index in [0.717, 1.165) is 25.5 Å². The van der Waals surface area contributed by atoms with Crippen LogP contribution in [0, 0.1) is 5.92 Å². The van der Waals surface area contributed by atoms with Crippen molar-refractivity contribution in [2.75, 3.05) is 13.1 Å². The van der Waals surface area contributed by atoms with Gasteiger partial charge < -0.3 is 10.3 Å². The molecule has 0 aliphatic carbocycles. The van der Waals surface area contributed by atoms with Crippen LogP contribution in [0.3, 0.4) is 0 Å². The normalized spacial score (nSPS) is 22.3. The molecular weight excluding hydrogens is 296 g/mol. The van der Waals surface area contributed by atoms with Crippen molar-refractivity contribution in [1.29, 1.82) is 0 Å². The zero-order valence-corrected chi connectivity index (χ0v) is 13.9. The van der Waals surface area contributed by atoms with E-state index in [1.54, 1.807) is 0 Å². The maximum absolute atomic E-state index is 5.99. The average molecular weight is 321 g/mol. The van der Waals surface area contributed by atoms with E-state index in [-0.39, 0.29) is 12.4 Å². The van der Waals surface area contributed by atoms with Crippen LogP contribution in [-0.4, -0.2) is 33.6 Å². The number of hydrogen-bond donors (Lipinski definition) is 1. The van der Waals surface area contributed by atoms with Crippen LogP contribution in [0.5, 0.6) is 0 Å². The fourth-order valence-electron chi connectivity index (χ4n) is 3.37. The monoisotopic (exact) mass is 320 g/mol. The second kappa shape index (κ2) is 7.77. The molecular formula is C17H25ClN4. The summed E-state index contributed by atoms with van der Waals surface area (Å²) in [4.78, 5) is 7.06. The molecule has 1 aromatic carbocycles. The van der Waals surface area contributed by atoms with E-state index in [4.69, 9.17) is 5.73 Å². The third-order valence-corrected chi connectivity index (χ3v) is 4.57. The zero-order valence-electron chi connectivity index (χ0n) is 13.1. The fraction of sp³-hybridized carbons (Fsp3) is 0.471. The summed E-state index contributed by atoms with van der Waals surface area (Å²) in [5.41, 5.74) is 7.16. The Balaban J connectivity index is 0.00000176. The topological polar surface area (TPSA) is 47.1 Å². The van der Waals surface area contributed by atoms with Crippen molar-refractivity contribution in [3.8, 4) is 5.69 Å². The van der Waals surface area contributed by atoms with Crippen LogP contribution in [0.2, 0.25) is 0 Å². The maximum Gasteiger partial charge on any atom is 0.127 e. The first kappa shape index (κ1) is 17.0. The minimum Gasteiger partial charge on any atom is -0.329 e. The summed E-state index contributed by atoms with van der Waals surface area (Å²) >= 11 is 0. The van der Waals surface area contributed by atoms with Crippen molar-refractivity contribution in [2.45, 2.75) is 32.4 Å². The van der Waals surface area contributed by atoms with E-state index < -0.39 is 0 Å². The summed E-state index contributed by atoms with van der Waals surface area (Å²) in [6.45, 7) is 5.03. The van der Waals surface area contributed by atoms with E-state index in [9.17, 15) is 0 Å². The highest BCUT2D eigenvalue weighted by atomic mass is 35.5. The minimum absolute atomic E-state index is 0. The Morgan fingerprint density at radius 3 is 2.77 bits per heavy atom. The predicted molar refractivity (Wildman–Crippen MR) is 92.5 cm³/mol. The highest BCUT2D eigenvalue weighted by molar-refractivity contribution is 5.85. The van der Waals surface area contributed by atoms with E-state index in [2.05, 4.69) is 45.6 Å². The van der Waals surface area contributed by atoms with Gasteiger partial charge in [0.2, 0.25) is 0 Å². The van der Waals surface area contributed by atoms with Crippen LogP contribution in [0.1, 0.15) is 25.6 Å². The van der Waals surface area contributed by atoms with Crippen LogP contribution >= 0.6 is 12.4 Å². The van der Waals surface area contributed by atoms with Crippen LogP contribution in [0.25, 0.3) is 5.69 Å². The summed E-state index contributed by atoms with van der Waals surface area (Å²) < 4.78 is 2.17. The van der Waals surface area contributed by atoms with Gasteiger partial charge in [0.05, 0.1) is 6.54 Å². The minimum atomic E-state index is 0. The number of benzene rings is 1. The molecule has 2 N–H and O–H groups in total. The molecule has 0 amide bonds. The summed E-state index contributed by atoms with van der Waals surface area (Å²) in [6, 6.07) is 10.9. The van der Waals surface area contributed by atoms with Crippen LogP contribution in [-0.2, 0) is 6.54 Å². The Morgan fingerprint density at radius 1 is 1.27 bits per heavy atom. The highest BCUT2D eigenvalue weighted by Crippen LogP contribution is 2.24. The molecule has 0 bridgehead atoms. The molecule has 1 fully saturated rings. The van der Waals surface area contributed by atoms with Gasteiger partial charge in [-0.3, -0.25) is 4.90 Å². The second-order valence-electron chi connectivity index (χ2n) is 5.94. The van der Waals surface area contributed by atoms with Crippen molar-refractivity contribution < 1.29 is 0 Å². The van der Waals surface area contributed by atoms with Crippen LogP contribution < -0.4 is 5.73 Å². The Kier molecular flexibility index (Phi) is 6.00. The number of hydrogen-bond acceptors (Lipinski definition) is 3. The van der Waals surface area contributed by atoms with Gasteiger partial charge in [-0.25, -0.2) is 4.98 Å². The molecule has 1 aliphatic rings. The van der Waals surface area contributed by atoms with Gasteiger partial charge in [0, 0.05) is 30.7 Å². The van der Waals surface area contributed by atoms with E-state index >= 15 is 0 Å². The zero-order chi connectivity index (χ0) is 14.7. The molecule has 1 aromatic heterocycles. The number of para-hydroxylation sites is 1. The Labute approximate surface area is 138 Å². The highest BCUT2D eigenvalue weighted by Gasteiger charge is 2.28. The first-order valence-corrected chi connectivity index (χ1v) is 7.81. The lowest BCUT2D eigenvalue weighted by Crippen LogP contribution is -2.48. The number of halogens is 1. The second-order valence-corrected chi connectivity index (χ2v) is 5.94. The van der Waals surface area contributed by atoms with E-state index in [0.29, 0.717) is 12.0 Å². The summed E-state index contributed by atoms with van der Waals surface area (Å²) in [6.07, 6.45) is 6.46. The number of likely N-dealkylation sites (tertiary alicyclic amines) is 1. The molecule has 5 heteroatoms. The largest absolute Gasteiger partial charge is 0.329 e. The van der Waals surface area contributed by atoms with Crippen molar-refractivity contribution >= 4 is 12.4 Å². The molecule has 1 aliphatic heterocycles. The molecule has 2 aromatic rings. The molecule has 2 heterocycles. The molecule has 0 spiro atoms. The number of rotatable bonds is 4. The van der Waals surface area contributed by atoms with Crippen molar-refractivity contribution in [3.05, 3.63) is 48.5 Å². The van der Waals surface area contributed by atoms with Gasteiger partial charge in [-0.15, -0.1) is 12.4 Å². The molecule has 1 saturated heterocycles. The Hall–Kier alpha value is -1.36. The van der Waals surface area contributed by atoms with Gasteiger partial charge in [-0.2, -0.15) is 0 Å². The van der Waals surface area contributed by atoms with E-state index in [1.165, 1.54) is 18.5 Å². The number of nitrogens with zero attached hydrogens (tertiary/aromatic N) is 3. The third kappa shape index (κ3) is 3.51. The van der Waals surface area contributed by atoms with Crippen molar-refractivity contribution in [2.24, 2.45) is 11.7 Å². The maximum atomic E-state index is 5.99. The molecule has 3 rings (SSSR count). The number of piperidine rings is 1. The van der Waals surface area contributed by atoms with Gasteiger partial charge >= 0.3 is 0 Å². The lowest BCUT2D eigenvalue weighted by Gasteiger charge is -2.39. The van der Waals surface area contributed by atoms with Gasteiger partial charge in [-0.05, 0) is 37.4 Å². The third-order valence-electron chi connectivity index (χ3n) is 4.57. The van der Waals surface area contributed by atoms with Crippen molar-refractivity contribution in [3.63, 3.8) is 0 Å². The van der Waals surface area contributed by atoms with Gasteiger partial charge in [0.1, 0.15) is 5.82 Å². The van der Waals surface area contributed by atoms with Gasteiger partial charge in [0.15, 0.2) is 0 Å². The van der Waals surface area contributed by atoms with E-state index in [1.807, 2.05) is 18.5 Å². The molecule has 2 unspecified atom stereocenters. The summed E-state index contributed by atoms with van der Waals surface area (Å²) in [5, 5.41) is 0. The Bertz CT molecular complexity index is 569. The first-order valence-electron chi connectivity index (χ1n) is 7.81. The lowest BCUT2D eigenvalue weighted by molar-refractivity contribution is 0.0959. The Morgan fingerprint density at radius 2 is 2.05 bits per heavy atom. The number of nitrogens with two attached hydrogens (primary N) is 1. The average Bonchev–Trinajstić information content (AvgIpc) is 2.97. The quantitative estimate of drug-likeness (QED) is 0.942. The molecule has 120 valence electrons. The first-order chi connectivity index (χ1) is 10.3. The SMILES string of the molecule is CC1CCCN(Cc2nccn2-c2ccccc2)C1CN.Cl.